The lowest BCUT2D eigenvalue weighted by molar-refractivity contribution is -0.140. The maximum Gasteiger partial charge on any atom is 0.416 e. The Kier molecular flexibility index (Phi) is 4.78. The van der Waals surface area contributed by atoms with Gasteiger partial charge < -0.3 is 9.47 Å². The largest absolute Gasteiger partial charge is 0.485 e. The van der Waals surface area contributed by atoms with Gasteiger partial charge in [0.15, 0.2) is 13.7 Å². The number of hydrogen-bond acceptors (Lipinski definition) is 4. The molecule has 0 aromatic heterocycles. The maximum atomic E-state index is 12.5. The summed E-state index contributed by atoms with van der Waals surface area (Å²) in [5.41, 5.74) is -0.0372. The van der Waals surface area contributed by atoms with Gasteiger partial charge in [0, 0.05) is 6.92 Å². The molecule has 8 heteroatoms. The molecule has 2 rings (SSSR count). The van der Waals surface area contributed by atoms with Gasteiger partial charge in [0.2, 0.25) is 0 Å². The number of hydrogen-bond donors (Lipinski definition) is 0. The zero-order valence-electron chi connectivity index (χ0n) is 12.2. The molecular formula is C14H15BF3NO3. The SMILES string of the molecule is BC1OC(CCOC(C)=O)=NC1c1ccc(C(F)(F)F)cc1. The van der Waals surface area contributed by atoms with Crippen LogP contribution in [0.25, 0.3) is 0 Å². The van der Waals surface area contributed by atoms with Crippen molar-refractivity contribution in [1.82, 2.24) is 0 Å². The summed E-state index contributed by atoms with van der Waals surface area (Å²) < 4.78 is 48.0. The highest BCUT2D eigenvalue weighted by molar-refractivity contribution is 6.13. The standard InChI is InChI=1S/C14H15BF3NO3/c1-8(20)21-7-6-11-19-12(13(15)22-11)9-2-4-10(5-3-9)14(16,17)18/h2-5,12-13H,6-7,15H2,1H3. The third kappa shape index (κ3) is 4.02. The molecule has 118 valence electrons. The molecule has 1 aliphatic rings. The van der Waals surface area contributed by atoms with Crippen molar-refractivity contribution in [2.24, 2.45) is 4.99 Å². The van der Waals surface area contributed by atoms with E-state index in [-0.39, 0.29) is 24.6 Å². The highest BCUT2D eigenvalue weighted by Gasteiger charge is 2.32. The van der Waals surface area contributed by atoms with Gasteiger partial charge >= 0.3 is 12.1 Å². The number of esters is 1. The first-order valence-electron chi connectivity index (χ1n) is 6.81. The van der Waals surface area contributed by atoms with Crippen LogP contribution in [0.15, 0.2) is 29.3 Å². The molecular weight excluding hydrogens is 298 g/mol. The van der Waals surface area contributed by atoms with Gasteiger partial charge in [-0.3, -0.25) is 4.79 Å². The quantitative estimate of drug-likeness (QED) is 0.632. The topological polar surface area (TPSA) is 47.9 Å². The van der Waals surface area contributed by atoms with Gasteiger partial charge in [-0.1, -0.05) is 12.1 Å². The van der Waals surface area contributed by atoms with Crippen LogP contribution < -0.4 is 0 Å². The van der Waals surface area contributed by atoms with Gasteiger partial charge in [0.05, 0.1) is 24.6 Å². The van der Waals surface area contributed by atoms with Crippen molar-refractivity contribution >= 4 is 19.7 Å². The Morgan fingerprint density at radius 2 is 2.00 bits per heavy atom. The molecule has 0 spiro atoms. The number of carbonyl (C=O) groups is 1. The van der Waals surface area contributed by atoms with E-state index in [1.165, 1.54) is 19.1 Å². The smallest absolute Gasteiger partial charge is 0.416 e. The molecule has 2 unspecified atom stereocenters. The monoisotopic (exact) mass is 313 g/mol. The van der Waals surface area contributed by atoms with Crippen LogP contribution in [0.3, 0.4) is 0 Å². The second-order valence-electron chi connectivity index (χ2n) is 5.00. The van der Waals surface area contributed by atoms with E-state index in [0.29, 0.717) is 17.9 Å². The molecule has 22 heavy (non-hydrogen) atoms. The third-order valence-electron chi connectivity index (χ3n) is 3.25. The van der Waals surface area contributed by atoms with Crippen LogP contribution in [0.5, 0.6) is 0 Å². The van der Waals surface area contributed by atoms with E-state index >= 15 is 0 Å². The minimum Gasteiger partial charge on any atom is -0.485 e. The van der Waals surface area contributed by atoms with Crippen LogP contribution in [-0.2, 0) is 20.4 Å². The molecule has 0 amide bonds. The summed E-state index contributed by atoms with van der Waals surface area (Å²) in [5, 5.41) is 0. The van der Waals surface area contributed by atoms with E-state index in [1.54, 1.807) is 7.85 Å². The van der Waals surface area contributed by atoms with Crippen molar-refractivity contribution in [3.63, 3.8) is 0 Å². The van der Waals surface area contributed by atoms with Crippen molar-refractivity contribution in [1.29, 1.82) is 0 Å². The molecule has 0 bridgehead atoms. The Morgan fingerprint density at radius 1 is 1.36 bits per heavy atom. The van der Waals surface area contributed by atoms with E-state index in [4.69, 9.17) is 9.47 Å². The van der Waals surface area contributed by atoms with Crippen molar-refractivity contribution in [3.8, 4) is 0 Å². The van der Waals surface area contributed by atoms with Crippen LogP contribution in [0.2, 0.25) is 0 Å². The number of ether oxygens (including phenoxy) is 2. The lowest BCUT2D eigenvalue weighted by Crippen LogP contribution is -2.17. The average molecular weight is 313 g/mol. The van der Waals surface area contributed by atoms with Gasteiger partial charge in [0.25, 0.3) is 0 Å². The van der Waals surface area contributed by atoms with E-state index in [2.05, 4.69) is 4.99 Å². The molecule has 4 nitrogen and oxygen atoms in total. The normalized spacial score (nSPS) is 21.2. The van der Waals surface area contributed by atoms with Crippen LogP contribution in [0.4, 0.5) is 13.2 Å². The van der Waals surface area contributed by atoms with Gasteiger partial charge in [0.1, 0.15) is 6.04 Å². The molecule has 0 N–H and O–H groups in total. The first-order valence-corrected chi connectivity index (χ1v) is 6.81. The van der Waals surface area contributed by atoms with Gasteiger partial charge in [-0.05, 0) is 17.7 Å². The fraction of sp³-hybridized carbons (Fsp3) is 0.429. The van der Waals surface area contributed by atoms with E-state index in [1.807, 2.05) is 0 Å². The van der Waals surface area contributed by atoms with Crippen LogP contribution in [-0.4, -0.2) is 32.3 Å². The summed E-state index contributed by atoms with van der Waals surface area (Å²) in [6.07, 6.45) is -4.00. The van der Waals surface area contributed by atoms with Crippen molar-refractivity contribution < 1.29 is 27.4 Å². The zero-order valence-corrected chi connectivity index (χ0v) is 12.2. The second-order valence-corrected chi connectivity index (χ2v) is 5.00. The van der Waals surface area contributed by atoms with Crippen LogP contribution >= 0.6 is 0 Å². The summed E-state index contributed by atoms with van der Waals surface area (Å²) in [5.74, 6) is 0.0598. The predicted octanol–water partition coefficient (Wildman–Crippen LogP) is 2.09. The Hall–Kier alpha value is -1.99. The molecule has 1 aromatic rings. The van der Waals surface area contributed by atoms with Gasteiger partial charge in [-0.15, -0.1) is 0 Å². The molecule has 1 heterocycles. The Bertz CT molecular complexity index is 572. The van der Waals surface area contributed by atoms with Crippen LogP contribution in [0, 0.1) is 0 Å². The second kappa shape index (κ2) is 6.42. The van der Waals surface area contributed by atoms with Crippen molar-refractivity contribution in [2.45, 2.75) is 31.6 Å². The minimum atomic E-state index is -4.35. The van der Waals surface area contributed by atoms with Crippen molar-refractivity contribution in [3.05, 3.63) is 35.4 Å². The molecule has 2 atom stereocenters. The third-order valence-corrected chi connectivity index (χ3v) is 3.25. The molecule has 1 aliphatic heterocycles. The molecule has 0 saturated heterocycles. The van der Waals surface area contributed by atoms with Gasteiger partial charge in [-0.25, -0.2) is 4.99 Å². The first-order chi connectivity index (χ1) is 10.3. The molecule has 0 radical (unpaired) electrons. The van der Waals surface area contributed by atoms with Crippen molar-refractivity contribution in [2.75, 3.05) is 6.61 Å². The Labute approximate surface area is 126 Å². The summed E-state index contributed by atoms with van der Waals surface area (Å²) in [7, 11) is 1.80. The fourth-order valence-electron chi connectivity index (χ4n) is 2.19. The van der Waals surface area contributed by atoms with E-state index in [0.717, 1.165) is 12.1 Å². The summed E-state index contributed by atoms with van der Waals surface area (Å²) in [6.45, 7) is 1.48. The molecule has 0 aliphatic carbocycles. The zero-order chi connectivity index (χ0) is 16.3. The number of carbonyl (C=O) groups excluding carboxylic acids is 1. The number of alkyl halides is 3. The summed E-state index contributed by atoms with van der Waals surface area (Å²) >= 11 is 0. The molecule has 0 fully saturated rings. The highest BCUT2D eigenvalue weighted by Crippen LogP contribution is 2.33. The summed E-state index contributed by atoms with van der Waals surface area (Å²) in [6, 6.07) is 4.26. The minimum absolute atomic E-state index is 0.167. The first kappa shape index (κ1) is 16.4. The number of nitrogens with zero attached hydrogens (tertiary/aromatic N) is 1. The van der Waals surface area contributed by atoms with E-state index < -0.39 is 11.7 Å². The van der Waals surface area contributed by atoms with Crippen LogP contribution in [0.1, 0.15) is 30.5 Å². The Balaban J connectivity index is 2.05. The lowest BCUT2D eigenvalue weighted by Gasteiger charge is -2.14. The summed E-state index contributed by atoms with van der Waals surface area (Å²) in [4.78, 5) is 15.0. The Morgan fingerprint density at radius 3 is 2.55 bits per heavy atom. The fourth-order valence-corrected chi connectivity index (χ4v) is 2.19. The number of rotatable bonds is 4. The number of aliphatic imine (C=N–C) groups is 1. The lowest BCUT2D eigenvalue weighted by atomic mass is 9.88. The maximum absolute atomic E-state index is 12.5. The predicted molar refractivity (Wildman–Crippen MR) is 76.3 cm³/mol. The van der Waals surface area contributed by atoms with E-state index in [9.17, 15) is 18.0 Å². The van der Waals surface area contributed by atoms with Gasteiger partial charge in [-0.2, -0.15) is 13.2 Å². The molecule has 1 aromatic carbocycles. The number of halogens is 3. The number of benzene rings is 1. The highest BCUT2D eigenvalue weighted by atomic mass is 19.4. The average Bonchev–Trinajstić information content (AvgIpc) is 2.78. The molecule has 0 saturated carbocycles.